The molecule has 1 aliphatic heterocycles. The molecule has 0 unspecified atom stereocenters. The van der Waals surface area contributed by atoms with E-state index in [2.05, 4.69) is 9.88 Å². The second-order valence-electron chi connectivity index (χ2n) is 9.19. The molecule has 0 amide bonds. The summed E-state index contributed by atoms with van der Waals surface area (Å²) in [7, 11) is 5.72. The van der Waals surface area contributed by atoms with Crippen LogP contribution in [0.15, 0.2) is 35.6 Å². The van der Waals surface area contributed by atoms with Crippen molar-refractivity contribution in [3.63, 3.8) is 0 Å². The molecule has 2 aliphatic rings. The first kappa shape index (κ1) is 22.0. The van der Waals surface area contributed by atoms with Crippen LogP contribution in [-0.2, 0) is 6.42 Å². The lowest BCUT2D eigenvalue weighted by Gasteiger charge is -2.31. The highest BCUT2D eigenvalue weighted by Gasteiger charge is 2.42. The van der Waals surface area contributed by atoms with Gasteiger partial charge in [-0.1, -0.05) is 19.3 Å². The summed E-state index contributed by atoms with van der Waals surface area (Å²) in [6.45, 7) is 1.96. The van der Waals surface area contributed by atoms with Crippen LogP contribution in [0.3, 0.4) is 0 Å². The Morgan fingerprint density at radius 1 is 1.15 bits per heavy atom. The number of hydrogen-bond donors (Lipinski definition) is 1. The van der Waals surface area contributed by atoms with Crippen LogP contribution >= 0.6 is 11.8 Å². The van der Waals surface area contributed by atoms with Gasteiger partial charge in [-0.2, -0.15) is 4.98 Å². The van der Waals surface area contributed by atoms with Gasteiger partial charge in [0.1, 0.15) is 11.6 Å². The lowest BCUT2D eigenvalue weighted by molar-refractivity contribution is 0.398. The number of hydrazine groups is 1. The summed E-state index contributed by atoms with van der Waals surface area (Å²) in [4.78, 5) is 17.4. The minimum atomic E-state index is 0.270. The average molecular weight is 466 g/mol. The van der Waals surface area contributed by atoms with Crippen molar-refractivity contribution in [1.82, 2.24) is 19.5 Å². The molecule has 2 N–H and O–H groups in total. The molecule has 1 aliphatic carbocycles. The van der Waals surface area contributed by atoms with Gasteiger partial charge < -0.3 is 14.2 Å². The summed E-state index contributed by atoms with van der Waals surface area (Å²) in [5, 5.41) is 1.55. The van der Waals surface area contributed by atoms with E-state index in [-0.39, 0.29) is 4.75 Å². The lowest BCUT2D eigenvalue weighted by Crippen LogP contribution is -2.29. The molecule has 1 fully saturated rings. The third kappa shape index (κ3) is 4.04. The van der Waals surface area contributed by atoms with E-state index in [1.54, 1.807) is 18.4 Å². The van der Waals surface area contributed by atoms with Gasteiger partial charge in [-0.05, 0) is 31.9 Å². The number of nitrogens with two attached hydrogens (primary N) is 1. The molecular weight excluding hydrogens is 434 g/mol. The zero-order valence-electron chi connectivity index (χ0n) is 19.7. The molecule has 0 bridgehead atoms. The van der Waals surface area contributed by atoms with Crippen molar-refractivity contribution in [2.45, 2.75) is 55.1 Å². The van der Waals surface area contributed by atoms with Crippen LogP contribution < -0.4 is 20.5 Å². The van der Waals surface area contributed by atoms with Gasteiger partial charge in [0, 0.05) is 37.5 Å². The number of thioether (sulfide) groups is 1. The molecule has 3 heterocycles. The molecule has 0 radical (unpaired) electrons. The summed E-state index contributed by atoms with van der Waals surface area (Å²) in [5.74, 6) is 8.71. The number of hydrogen-bond acceptors (Lipinski definition) is 8. The Morgan fingerprint density at radius 2 is 1.94 bits per heavy atom. The highest BCUT2D eigenvalue weighted by Crippen LogP contribution is 2.54. The highest BCUT2D eigenvalue weighted by molar-refractivity contribution is 8.01. The summed E-state index contributed by atoms with van der Waals surface area (Å²) >= 11 is 1.98. The maximum absolute atomic E-state index is 6.57. The quantitative estimate of drug-likeness (QED) is 0.438. The molecule has 9 heteroatoms. The van der Waals surface area contributed by atoms with Crippen LogP contribution in [0.1, 0.15) is 43.5 Å². The molecule has 1 spiro atoms. The van der Waals surface area contributed by atoms with Gasteiger partial charge in [-0.3, -0.25) is 0 Å². The van der Waals surface area contributed by atoms with E-state index in [1.807, 2.05) is 61.7 Å². The number of aromatic nitrogens is 4. The van der Waals surface area contributed by atoms with Crippen LogP contribution in [0.4, 0.5) is 17.5 Å². The molecule has 2 aromatic heterocycles. The largest absolute Gasteiger partial charge is 0.494 e. The Balaban J connectivity index is 1.50. The van der Waals surface area contributed by atoms with Gasteiger partial charge >= 0.3 is 0 Å². The molecule has 0 saturated heterocycles. The van der Waals surface area contributed by atoms with Crippen molar-refractivity contribution in [3.05, 3.63) is 42.1 Å². The Kier molecular flexibility index (Phi) is 5.70. The summed E-state index contributed by atoms with van der Waals surface area (Å²) < 4.78 is 7.87. The first-order valence-electron chi connectivity index (χ1n) is 11.4. The summed E-state index contributed by atoms with van der Waals surface area (Å²) in [6.07, 6.45) is 11.1. The normalized spacial score (nSPS) is 16.6. The van der Waals surface area contributed by atoms with Crippen LogP contribution in [0.25, 0.3) is 5.69 Å². The van der Waals surface area contributed by atoms with Gasteiger partial charge in [0.2, 0.25) is 5.95 Å². The number of benzene rings is 1. The number of anilines is 3. The smallest absolute Gasteiger partial charge is 0.246 e. The number of methoxy groups -OCH3 is 1. The third-order valence-corrected chi connectivity index (χ3v) is 8.16. The van der Waals surface area contributed by atoms with E-state index in [1.165, 1.54) is 37.0 Å². The van der Waals surface area contributed by atoms with Crippen LogP contribution in [-0.4, -0.2) is 45.5 Å². The second-order valence-corrected chi connectivity index (χ2v) is 10.7. The van der Waals surface area contributed by atoms with Crippen molar-refractivity contribution in [2.75, 3.05) is 31.1 Å². The minimum Gasteiger partial charge on any atom is -0.494 e. The highest BCUT2D eigenvalue weighted by atomic mass is 32.2. The number of aryl methyl sites for hydroxylation is 1. The fourth-order valence-corrected chi connectivity index (χ4v) is 6.53. The molecule has 174 valence electrons. The van der Waals surface area contributed by atoms with Crippen molar-refractivity contribution < 1.29 is 4.74 Å². The Labute approximate surface area is 199 Å². The topological polar surface area (TPSA) is 85.3 Å². The maximum atomic E-state index is 6.57. The molecular formula is C24H31N7OS. The van der Waals surface area contributed by atoms with Crippen LogP contribution in [0.2, 0.25) is 0 Å². The zero-order chi connectivity index (χ0) is 23.2. The molecule has 5 rings (SSSR count). The number of fused-ring (bicyclic) bond motifs is 1. The molecule has 1 saturated carbocycles. The monoisotopic (exact) mass is 465 g/mol. The minimum absolute atomic E-state index is 0.270. The first-order valence-corrected chi connectivity index (χ1v) is 12.2. The lowest BCUT2D eigenvalue weighted by atomic mass is 9.85. The zero-order valence-corrected chi connectivity index (χ0v) is 20.5. The van der Waals surface area contributed by atoms with E-state index in [0.29, 0.717) is 11.7 Å². The van der Waals surface area contributed by atoms with Crippen LogP contribution in [0.5, 0.6) is 5.75 Å². The van der Waals surface area contributed by atoms with Crippen LogP contribution in [0, 0.1) is 6.92 Å². The first-order chi connectivity index (χ1) is 15.9. The molecule has 33 heavy (non-hydrogen) atoms. The molecule has 1 aromatic carbocycles. The third-order valence-electron chi connectivity index (χ3n) is 6.55. The molecule has 8 nitrogen and oxygen atoms in total. The van der Waals surface area contributed by atoms with E-state index < -0.39 is 0 Å². The summed E-state index contributed by atoms with van der Waals surface area (Å²) in [6, 6.07) is 5.84. The van der Waals surface area contributed by atoms with E-state index >= 15 is 0 Å². The Bertz CT molecular complexity index is 1170. The molecule has 3 aromatic rings. The Morgan fingerprint density at radius 3 is 2.61 bits per heavy atom. The average Bonchev–Trinajstić information content (AvgIpc) is 3.40. The van der Waals surface area contributed by atoms with E-state index in [4.69, 9.17) is 20.5 Å². The predicted molar refractivity (Wildman–Crippen MR) is 133 cm³/mol. The fraction of sp³-hybridized carbons (Fsp3) is 0.458. The Hall–Kier alpha value is -2.78. The number of ether oxygens (including phenoxy) is 1. The SMILES string of the molecule is COc1cc(N(N)c2nc3c(c(N(C)C)n2)SC2(CCCCC2)C3)ccc1-n1cnc(C)c1. The standard InChI is InChI=1S/C24H31N7OS/c1-16-14-30(15-26-16)19-9-8-17(12-20(19)32-4)31(25)23-27-18-13-24(10-6-5-7-11-24)33-21(18)22(28-23)29(2)3/h8-9,12,14-15H,5-7,10-11,13,25H2,1-4H3. The fourth-order valence-electron chi connectivity index (χ4n) is 4.84. The van der Waals surface area contributed by atoms with Crippen molar-refractivity contribution in [1.29, 1.82) is 0 Å². The molecule has 0 atom stereocenters. The summed E-state index contributed by atoms with van der Waals surface area (Å²) in [5.41, 5.74) is 3.71. The van der Waals surface area contributed by atoms with Crippen molar-refractivity contribution in [3.8, 4) is 11.4 Å². The number of imidazole rings is 1. The van der Waals surface area contributed by atoms with Gasteiger partial charge in [0.05, 0.1) is 41.1 Å². The van der Waals surface area contributed by atoms with Gasteiger partial charge in [-0.15, -0.1) is 11.8 Å². The van der Waals surface area contributed by atoms with Gasteiger partial charge in [0.15, 0.2) is 0 Å². The van der Waals surface area contributed by atoms with Crippen molar-refractivity contribution in [2.24, 2.45) is 5.84 Å². The van der Waals surface area contributed by atoms with E-state index in [9.17, 15) is 0 Å². The predicted octanol–water partition coefficient (Wildman–Crippen LogP) is 4.41. The second kappa shape index (κ2) is 8.53. The van der Waals surface area contributed by atoms with Crippen molar-refractivity contribution >= 4 is 29.2 Å². The van der Waals surface area contributed by atoms with Gasteiger partial charge in [0.25, 0.3) is 0 Å². The van der Waals surface area contributed by atoms with Gasteiger partial charge in [-0.25, -0.2) is 20.8 Å². The number of nitrogens with zero attached hydrogens (tertiary/aromatic N) is 6. The maximum Gasteiger partial charge on any atom is 0.246 e. The number of rotatable bonds is 5. The van der Waals surface area contributed by atoms with E-state index in [0.717, 1.165) is 35.0 Å².